The number of rotatable bonds is 6. The lowest BCUT2D eigenvalue weighted by Crippen LogP contribution is -2.25. The molecule has 4 heteroatoms. The van der Waals surface area contributed by atoms with Crippen molar-refractivity contribution < 1.29 is 0 Å². The zero-order valence-corrected chi connectivity index (χ0v) is 16.6. The van der Waals surface area contributed by atoms with E-state index in [2.05, 4.69) is 62.9 Å². The fourth-order valence-electron chi connectivity index (χ4n) is 3.80. The van der Waals surface area contributed by atoms with Crippen molar-refractivity contribution in [3.63, 3.8) is 0 Å². The van der Waals surface area contributed by atoms with E-state index in [0.717, 1.165) is 42.5 Å². The molecule has 1 heterocycles. The number of anilines is 2. The van der Waals surface area contributed by atoms with Gasteiger partial charge in [-0.15, -0.1) is 0 Å². The molecule has 0 atom stereocenters. The first-order chi connectivity index (χ1) is 12.5. The number of benzene rings is 2. The van der Waals surface area contributed by atoms with Crippen LogP contribution in [0.5, 0.6) is 0 Å². The van der Waals surface area contributed by atoms with Crippen molar-refractivity contribution in [2.75, 3.05) is 23.7 Å². The highest BCUT2D eigenvalue weighted by Crippen LogP contribution is 2.37. The molecule has 2 aromatic carbocycles. The summed E-state index contributed by atoms with van der Waals surface area (Å²) in [6.07, 6.45) is 2.24. The Kier molecular flexibility index (Phi) is 5.21. The topological polar surface area (TPSA) is 47.1 Å². The van der Waals surface area contributed by atoms with Crippen LogP contribution in [0.15, 0.2) is 30.3 Å². The number of hydrogen-bond acceptors (Lipinski definition) is 3. The molecule has 0 unspecified atom stereocenters. The molecule has 0 spiro atoms. The van der Waals surface area contributed by atoms with Gasteiger partial charge in [-0.2, -0.15) is 0 Å². The van der Waals surface area contributed by atoms with Crippen molar-refractivity contribution in [1.29, 1.82) is 0 Å². The van der Waals surface area contributed by atoms with E-state index in [1.54, 1.807) is 0 Å². The van der Waals surface area contributed by atoms with Gasteiger partial charge in [-0.1, -0.05) is 37.6 Å². The van der Waals surface area contributed by atoms with Crippen molar-refractivity contribution in [3.05, 3.63) is 41.5 Å². The Morgan fingerprint density at radius 1 is 1.00 bits per heavy atom. The molecule has 0 fully saturated rings. The van der Waals surface area contributed by atoms with Crippen LogP contribution in [0.4, 0.5) is 11.6 Å². The molecule has 0 saturated heterocycles. The van der Waals surface area contributed by atoms with E-state index >= 15 is 0 Å². The van der Waals surface area contributed by atoms with Crippen LogP contribution in [-0.4, -0.2) is 22.6 Å². The monoisotopic (exact) mass is 350 g/mol. The second kappa shape index (κ2) is 7.40. The third-order valence-corrected chi connectivity index (χ3v) is 5.04. The average Bonchev–Trinajstić information content (AvgIpc) is 2.90. The van der Waals surface area contributed by atoms with E-state index < -0.39 is 0 Å². The number of hydrogen-bond donors (Lipinski definition) is 1. The van der Waals surface area contributed by atoms with Crippen molar-refractivity contribution in [2.24, 2.45) is 7.05 Å². The van der Waals surface area contributed by atoms with Gasteiger partial charge >= 0.3 is 0 Å². The lowest BCUT2D eigenvalue weighted by atomic mass is 9.97. The number of aromatic nitrogens is 2. The summed E-state index contributed by atoms with van der Waals surface area (Å²) in [4.78, 5) is 7.18. The number of nitrogens with zero attached hydrogens (tertiary/aromatic N) is 3. The molecule has 4 nitrogen and oxygen atoms in total. The maximum atomic E-state index is 6.21. The first kappa shape index (κ1) is 18.3. The highest BCUT2D eigenvalue weighted by molar-refractivity contribution is 6.01. The Morgan fingerprint density at radius 2 is 1.65 bits per heavy atom. The van der Waals surface area contributed by atoms with Gasteiger partial charge in [0.05, 0.1) is 11.2 Å². The van der Waals surface area contributed by atoms with Crippen molar-refractivity contribution >= 4 is 22.7 Å². The first-order valence-electron chi connectivity index (χ1n) is 9.55. The van der Waals surface area contributed by atoms with E-state index in [0.29, 0.717) is 5.95 Å². The van der Waals surface area contributed by atoms with Crippen LogP contribution in [0.3, 0.4) is 0 Å². The maximum absolute atomic E-state index is 6.21. The summed E-state index contributed by atoms with van der Waals surface area (Å²) >= 11 is 0. The van der Waals surface area contributed by atoms with Gasteiger partial charge in [0.25, 0.3) is 0 Å². The number of aryl methyl sites for hydroxylation is 3. The fourth-order valence-corrected chi connectivity index (χ4v) is 3.80. The maximum Gasteiger partial charge on any atom is 0.201 e. The van der Waals surface area contributed by atoms with E-state index in [1.807, 2.05) is 11.6 Å². The Bertz CT molecular complexity index is 918. The normalized spacial score (nSPS) is 11.3. The molecule has 0 aliphatic carbocycles. The van der Waals surface area contributed by atoms with Crippen molar-refractivity contribution in [2.45, 2.75) is 40.5 Å². The van der Waals surface area contributed by atoms with Gasteiger partial charge in [0.1, 0.15) is 5.52 Å². The Balaban J connectivity index is 2.26. The second-order valence-electron chi connectivity index (χ2n) is 7.16. The van der Waals surface area contributed by atoms with Crippen molar-refractivity contribution in [1.82, 2.24) is 9.55 Å². The van der Waals surface area contributed by atoms with Crippen LogP contribution in [0, 0.1) is 13.8 Å². The zero-order chi connectivity index (χ0) is 18.8. The Labute approximate surface area is 156 Å². The molecule has 3 aromatic rings. The lowest BCUT2D eigenvalue weighted by Gasteiger charge is -2.25. The highest BCUT2D eigenvalue weighted by Gasteiger charge is 2.19. The molecule has 138 valence electrons. The zero-order valence-electron chi connectivity index (χ0n) is 16.6. The lowest BCUT2D eigenvalue weighted by molar-refractivity contribution is 0.745. The molecule has 1 aromatic heterocycles. The molecule has 0 saturated carbocycles. The SMILES string of the molecule is CCCN(CCC)c1ccc(-c2ccc(C)cc2C)c2nc(N)n(C)c12. The quantitative estimate of drug-likeness (QED) is 0.675. The Morgan fingerprint density at radius 3 is 2.27 bits per heavy atom. The van der Waals surface area contributed by atoms with Crippen LogP contribution >= 0.6 is 0 Å². The van der Waals surface area contributed by atoms with Crippen LogP contribution in [0.1, 0.15) is 37.8 Å². The molecule has 26 heavy (non-hydrogen) atoms. The second-order valence-corrected chi connectivity index (χ2v) is 7.16. The van der Waals surface area contributed by atoms with Gasteiger partial charge in [-0.3, -0.25) is 0 Å². The van der Waals surface area contributed by atoms with Gasteiger partial charge in [-0.25, -0.2) is 4.98 Å². The van der Waals surface area contributed by atoms with E-state index in [1.165, 1.54) is 22.4 Å². The number of fused-ring (bicyclic) bond motifs is 1. The summed E-state index contributed by atoms with van der Waals surface area (Å²) in [6, 6.07) is 11.0. The van der Waals surface area contributed by atoms with E-state index in [9.17, 15) is 0 Å². The van der Waals surface area contributed by atoms with Gasteiger partial charge in [-0.05, 0) is 49.9 Å². The summed E-state index contributed by atoms with van der Waals surface area (Å²) in [5.74, 6) is 0.561. The molecule has 0 amide bonds. The molecule has 2 N–H and O–H groups in total. The molecule has 3 rings (SSSR count). The van der Waals surface area contributed by atoms with Gasteiger partial charge in [0.15, 0.2) is 0 Å². The number of nitrogens with two attached hydrogens (primary N) is 1. The minimum Gasteiger partial charge on any atom is -0.370 e. The summed E-state index contributed by atoms with van der Waals surface area (Å²) in [6.45, 7) is 10.8. The van der Waals surface area contributed by atoms with Crippen LogP contribution < -0.4 is 10.6 Å². The molecule has 0 bridgehead atoms. The van der Waals surface area contributed by atoms with Gasteiger partial charge < -0.3 is 15.2 Å². The highest BCUT2D eigenvalue weighted by atomic mass is 15.2. The fraction of sp³-hybridized carbons (Fsp3) is 0.409. The molecular formula is C22H30N4. The van der Waals surface area contributed by atoms with E-state index in [4.69, 9.17) is 10.7 Å². The summed E-state index contributed by atoms with van der Waals surface area (Å²) in [5.41, 5.74) is 14.5. The first-order valence-corrected chi connectivity index (χ1v) is 9.55. The summed E-state index contributed by atoms with van der Waals surface area (Å²) in [5, 5.41) is 0. The minimum atomic E-state index is 0.561. The average molecular weight is 351 g/mol. The molecule has 0 radical (unpaired) electrons. The summed E-state index contributed by atoms with van der Waals surface area (Å²) in [7, 11) is 2.01. The van der Waals surface area contributed by atoms with Crippen LogP contribution in [-0.2, 0) is 7.05 Å². The molecule has 0 aliphatic heterocycles. The smallest absolute Gasteiger partial charge is 0.201 e. The molecule has 0 aliphatic rings. The number of nitrogen functional groups attached to an aromatic ring is 1. The van der Waals surface area contributed by atoms with Crippen LogP contribution in [0.25, 0.3) is 22.2 Å². The largest absolute Gasteiger partial charge is 0.370 e. The van der Waals surface area contributed by atoms with Crippen LogP contribution in [0.2, 0.25) is 0 Å². The van der Waals surface area contributed by atoms with Gasteiger partial charge in [0.2, 0.25) is 5.95 Å². The Hall–Kier alpha value is -2.49. The summed E-state index contributed by atoms with van der Waals surface area (Å²) < 4.78 is 2.02. The van der Waals surface area contributed by atoms with E-state index in [-0.39, 0.29) is 0 Å². The predicted octanol–water partition coefficient (Wildman–Crippen LogP) is 5.07. The van der Waals surface area contributed by atoms with Gasteiger partial charge in [0, 0.05) is 25.7 Å². The third kappa shape index (κ3) is 3.16. The number of imidazole rings is 1. The minimum absolute atomic E-state index is 0.561. The van der Waals surface area contributed by atoms with Crippen molar-refractivity contribution in [3.8, 4) is 11.1 Å². The molecular weight excluding hydrogens is 320 g/mol. The standard InChI is InChI=1S/C22H30N4/c1-6-12-26(13-7-2)19-11-10-18(17-9-8-15(3)14-16(17)4)20-21(19)25(5)22(23)24-20/h8-11,14H,6-7,12-13H2,1-5H3,(H2,23,24). The third-order valence-electron chi connectivity index (χ3n) is 5.04. The predicted molar refractivity (Wildman–Crippen MR) is 113 cm³/mol.